The third-order valence-corrected chi connectivity index (χ3v) is 4.97. The molecule has 3 rings (SSSR count). The first-order chi connectivity index (χ1) is 9.95. The van der Waals surface area contributed by atoms with Crippen LogP contribution in [0.2, 0.25) is 0 Å². The quantitative estimate of drug-likeness (QED) is 0.907. The Morgan fingerprint density at radius 2 is 1.76 bits per heavy atom. The normalized spacial score (nSPS) is 16.6. The average Bonchev–Trinajstić information content (AvgIpc) is 2.89. The predicted octanol–water partition coefficient (Wildman–Crippen LogP) is 4.09. The molecule has 1 aromatic carbocycles. The molecule has 112 valence electrons. The number of benzene rings is 1. The molecular weight excluding hydrogens is 297 g/mol. The minimum Gasteiger partial charge on any atom is -0.318 e. The van der Waals surface area contributed by atoms with E-state index in [1.807, 2.05) is 0 Å². The number of rotatable bonds is 2. The van der Waals surface area contributed by atoms with Crippen LogP contribution in [0.5, 0.6) is 0 Å². The van der Waals surface area contributed by atoms with E-state index in [1.54, 1.807) is 11.3 Å². The van der Waals surface area contributed by atoms with Crippen molar-refractivity contribution >= 4 is 11.3 Å². The van der Waals surface area contributed by atoms with Crippen LogP contribution in [0.3, 0.4) is 0 Å². The molecule has 1 atom stereocenters. The molecule has 2 aromatic rings. The first kappa shape index (κ1) is 14.5. The Balaban J connectivity index is 1.84. The first-order valence-electron chi connectivity index (χ1n) is 6.86. The lowest BCUT2D eigenvalue weighted by atomic mass is 10.0. The molecular formula is C15H15F3N2S. The highest BCUT2D eigenvalue weighted by Crippen LogP contribution is 2.33. The summed E-state index contributed by atoms with van der Waals surface area (Å²) in [4.78, 5) is 5.85. The van der Waals surface area contributed by atoms with E-state index in [2.05, 4.69) is 4.98 Å². The van der Waals surface area contributed by atoms with Crippen LogP contribution in [0.4, 0.5) is 13.2 Å². The lowest BCUT2D eigenvalue weighted by Gasteiger charge is -2.11. The van der Waals surface area contributed by atoms with Gasteiger partial charge in [0, 0.05) is 4.88 Å². The SMILES string of the molecule is NC(c1ccc(C(F)(F)F)cc1)c1nc2c(s1)CCCC2. The second-order valence-corrected chi connectivity index (χ2v) is 6.34. The molecule has 1 heterocycles. The maximum atomic E-state index is 12.6. The monoisotopic (exact) mass is 312 g/mol. The van der Waals surface area contributed by atoms with Crippen LogP contribution in [0.1, 0.15) is 45.6 Å². The second-order valence-electron chi connectivity index (χ2n) is 5.23. The zero-order chi connectivity index (χ0) is 15.0. The highest BCUT2D eigenvalue weighted by molar-refractivity contribution is 7.11. The summed E-state index contributed by atoms with van der Waals surface area (Å²) >= 11 is 1.59. The van der Waals surface area contributed by atoms with Gasteiger partial charge in [-0.05, 0) is 43.4 Å². The standard InChI is InChI=1S/C15H15F3N2S/c16-15(17,18)10-7-5-9(6-8-10)13(19)14-20-11-3-1-2-4-12(11)21-14/h5-8,13H,1-4,19H2. The van der Waals surface area contributed by atoms with Crippen LogP contribution in [-0.2, 0) is 19.0 Å². The van der Waals surface area contributed by atoms with Crippen LogP contribution in [-0.4, -0.2) is 4.98 Å². The van der Waals surface area contributed by atoms with Gasteiger partial charge < -0.3 is 5.73 Å². The summed E-state index contributed by atoms with van der Waals surface area (Å²) in [6.45, 7) is 0. The van der Waals surface area contributed by atoms with E-state index in [1.165, 1.54) is 23.4 Å². The zero-order valence-electron chi connectivity index (χ0n) is 11.3. The molecule has 0 fully saturated rings. The van der Waals surface area contributed by atoms with E-state index in [9.17, 15) is 13.2 Å². The van der Waals surface area contributed by atoms with E-state index in [0.29, 0.717) is 5.56 Å². The van der Waals surface area contributed by atoms with Gasteiger partial charge in [-0.3, -0.25) is 0 Å². The number of aromatic nitrogens is 1. The second kappa shape index (κ2) is 5.42. The number of hydrogen-bond acceptors (Lipinski definition) is 3. The van der Waals surface area contributed by atoms with E-state index in [4.69, 9.17) is 5.73 Å². The third kappa shape index (κ3) is 2.96. The minimum absolute atomic E-state index is 0.456. The number of alkyl halides is 3. The van der Waals surface area contributed by atoms with E-state index >= 15 is 0 Å². The van der Waals surface area contributed by atoms with E-state index in [0.717, 1.165) is 42.1 Å². The van der Waals surface area contributed by atoms with Gasteiger partial charge in [-0.15, -0.1) is 11.3 Å². The topological polar surface area (TPSA) is 38.9 Å². The van der Waals surface area contributed by atoms with Crippen molar-refractivity contribution in [3.8, 4) is 0 Å². The van der Waals surface area contributed by atoms with Crippen molar-refractivity contribution < 1.29 is 13.2 Å². The van der Waals surface area contributed by atoms with Crippen LogP contribution in [0.25, 0.3) is 0 Å². The number of aryl methyl sites for hydroxylation is 2. The summed E-state index contributed by atoms with van der Waals surface area (Å²) in [5.74, 6) is 0. The molecule has 0 saturated heterocycles. The Morgan fingerprint density at radius 3 is 2.38 bits per heavy atom. The van der Waals surface area contributed by atoms with Crippen molar-refractivity contribution in [1.82, 2.24) is 4.98 Å². The van der Waals surface area contributed by atoms with Crippen molar-refractivity contribution in [3.63, 3.8) is 0 Å². The van der Waals surface area contributed by atoms with Crippen LogP contribution in [0, 0.1) is 0 Å². The Hall–Kier alpha value is -1.40. The summed E-state index contributed by atoms with van der Waals surface area (Å²) < 4.78 is 37.7. The first-order valence-corrected chi connectivity index (χ1v) is 7.68. The highest BCUT2D eigenvalue weighted by Gasteiger charge is 2.30. The fraction of sp³-hybridized carbons (Fsp3) is 0.400. The van der Waals surface area contributed by atoms with Gasteiger partial charge in [0.2, 0.25) is 0 Å². The lowest BCUT2D eigenvalue weighted by Crippen LogP contribution is -2.12. The van der Waals surface area contributed by atoms with Gasteiger partial charge in [-0.25, -0.2) is 4.98 Å². The predicted molar refractivity (Wildman–Crippen MR) is 76.2 cm³/mol. The maximum absolute atomic E-state index is 12.6. The molecule has 0 amide bonds. The van der Waals surface area contributed by atoms with Gasteiger partial charge in [0.05, 0.1) is 17.3 Å². The van der Waals surface area contributed by atoms with Gasteiger partial charge in [-0.1, -0.05) is 12.1 Å². The molecule has 0 saturated carbocycles. The number of thiazole rings is 1. The van der Waals surface area contributed by atoms with Crippen molar-refractivity contribution in [2.45, 2.75) is 37.9 Å². The lowest BCUT2D eigenvalue weighted by molar-refractivity contribution is -0.137. The molecule has 2 N–H and O–H groups in total. The molecule has 6 heteroatoms. The molecule has 0 bridgehead atoms. The molecule has 1 unspecified atom stereocenters. The maximum Gasteiger partial charge on any atom is 0.416 e. The van der Waals surface area contributed by atoms with E-state index < -0.39 is 17.8 Å². The molecule has 1 aliphatic rings. The molecule has 2 nitrogen and oxygen atoms in total. The van der Waals surface area contributed by atoms with Crippen molar-refractivity contribution in [3.05, 3.63) is 51.0 Å². The van der Waals surface area contributed by atoms with Gasteiger partial charge in [0.15, 0.2) is 0 Å². The minimum atomic E-state index is -4.32. The number of nitrogens with zero attached hydrogens (tertiary/aromatic N) is 1. The number of fused-ring (bicyclic) bond motifs is 1. The fourth-order valence-electron chi connectivity index (χ4n) is 2.53. The molecule has 0 radical (unpaired) electrons. The highest BCUT2D eigenvalue weighted by atomic mass is 32.1. The van der Waals surface area contributed by atoms with E-state index in [-0.39, 0.29) is 0 Å². The Morgan fingerprint density at radius 1 is 1.10 bits per heavy atom. The van der Waals surface area contributed by atoms with Crippen molar-refractivity contribution in [2.75, 3.05) is 0 Å². The molecule has 21 heavy (non-hydrogen) atoms. The molecule has 1 aliphatic carbocycles. The number of halogens is 3. The summed E-state index contributed by atoms with van der Waals surface area (Å²) in [7, 11) is 0. The fourth-order valence-corrected chi connectivity index (χ4v) is 3.71. The zero-order valence-corrected chi connectivity index (χ0v) is 12.1. The summed E-state index contributed by atoms with van der Waals surface area (Å²) in [5.41, 5.74) is 7.27. The van der Waals surface area contributed by atoms with Crippen molar-refractivity contribution in [1.29, 1.82) is 0 Å². The number of nitrogens with two attached hydrogens (primary N) is 1. The summed E-state index contributed by atoms with van der Waals surface area (Å²) in [6.07, 6.45) is 0.0109. The average molecular weight is 312 g/mol. The smallest absolute Gasteiger partial charge is 0.318 e. The summed E-state index contributed by atoms with van der Waals surface area (Å²) in [6, 6.07) is 4.57. The Labute approximate surface area is 124 Å². The summed E-state index contributed by atoms with van der Waals surface area (Å²) in [5, 5.41) is 0.793. The number of hydrogen-bond donors (Lipinski definition) is 1. The van der Waals surface area contributed by atoms with Gasteiger partial charge in [0.1, 0.15) is 5.01 Å². The van der Waals surface area contributed by atoms with Crippen molar-refractivity contribution in [2.24, 2.45) is 5.73 Å². The van der Waals surface area contributed by atoms with Crippen LogP contribution < -0.4 is 5.73 Å². The van der Waals surface area contributed by atoms with Crippen LogP contribution >= 0.6 is 11.3 Å². The van der Waals surface area contributed by atoms with Crippen LogP contribution in [0.15, 0.2) is 24.3 Å². The third-order valence-electron chi connectivity index (χ3n) is 3.73. The Bertz CT molecular complexity index is 608. The van der Waals surface area contributed by atoms with Gasteiger partial charge >= 0.3 is 6.18 Å². The largest absolute Gasteiger partial charge is 0.416 e. The molecule has 1 aromatic heterocycles. The van der Waals surface area contributed by atoms with Gasteiger partial charge in [-0.2, -0.15) is 13.2 Å². The molecule has 0 aliphatic heterocycles. The Kier molecular flexibility index (Phi) is 3.75. The van der Waals surface area contributed by atoms with Gasteiger partial charge in [0.25, 0.3) is 0 Å². The molecule has 0 spiro atoms.